The van der Waals surface area contributed by atoms with Crippen LogP contribution in [0.25, 0.3) is 0 Å². The van der Waals surface area contributed by atoms with Crippen molar-refractivity contribution in [3.05, 3.63) is 71.8 Å². The van der Waals surface area contributed by atoms with Gasteiger partial charge < -0.3 is 15.4 Å². The third-order valence-corrected chi connectivity index (χ3v) is 2.78. The number of nitrogens with one attached hydrogen (secondary N) is 1. The van der Waals surface area contributed by atoms with E-state index >= 15 is 0 Å². The highest BCUT2D eigenvalue weighted by Crippen LogP contribution is 2.14. The summed E-state index contributed by atoms with van der Waals surface area (Å²) in [4.78, 5) is 12.0. The fourth-order valence-electron chi connectivity index (χ4n) is 1.80. The van der Waals surface area contributed by atoms with Gasteiger partial charge in [-0.25, -0.2) is 0 Å². The summed E-state index contributed by atoms with van der Waals surface area (Å²) in [5.74, 6) is -1.20. The number of hydrogen-bond donors (Lipinski definition) is 3. The van der Waals surface area contributed by atoms with Gasteiger partial charge in [0, 0.05) is 5.56 Å². The molecule has 0 spiro atoms. The van der Waals surface area contributed by atoms with Crippen LogP contribution in [0.2, 0.25) is 0 Å². The molecule has 3 N–H and O–H groups in total. The molecule has 0 saturated carbocycles. The Kier molecular flexibility index (Phi) is 4.33. The number of carbonyl (C=O) groups is 1. The van der Waals surface area contributed by atoms with Crippen molar-refractivity contribution in [1.29, 1.82) is 0 Å². The highest BCUT2D eigenvalue weighted by molar-refractivity contribution is 6.43. The van der Waals surface area contributed by atoms with Crippen molar-refractivity contribution >= 4 is 13.0 Å². The zero-order valence-corrected chi connectivity index (χ0v) is 10.2. The van der Waals surface area contributed by atoms with Crippen molar-refractivity contribution < 1.29 is 14.8 Å². The SMILES string of the molecule is O=C(N[C@H](B(O)O)c1ccccc1)c1ccccc1. The van der Waals surface area contributed by atoms with E-state index in [1.165, 1.54) is 0 Å². The molecule has 2 rings (SSSR count). The van der Waals surface area contributed by atoms with Crippen molar-refractivity contribution in [3.63, 3.8) is 0 Å². The van der Waals surface area contributed by atoms with Gasteiger partial charge in [-0.05, 0) is 17.7 Å². The lowest BCUT2D eigenvalue weighted by molar-refractivity contribution is 0.0942. The van der Waals surface area contributed by atoms with Gasteiger partial charge >= 0.3 is 7.12 Å². The third-order valence-electron chi connectivity index (χ3n) is 2.78. The molecule has 96 valence electrons. The summed E-state index contributed by atoms with van der Waals surface area (Å²) >= 11 is 0. The molecule has 2 aromatic carbocycles. The van der Waals surface area contributed by atoms with E-state index in [-0.39, 0.29) is 5.91 Å². The molecule has 0 unspecified atom stereocenters. The average molecular weight is 255 g/mol. The Morgan fingerprint density at radius 3 is 2.00 bits per heavy atom. The van der Waals surface area contributed by atoms with Gasteiger partial charge in [-0.1, -0.05) is 48.5 Å². The molecule has 0 heterocycles. The van der Waals surface area contributed by atoms with Crippen LogP contribution in [0.15, 0.2) is 60.7 Å². The summed E-state index contributed by atoms with van der Waals surface area (Å²) in [5, 5.41) is 21.4. The molecule has 5 heteroatoms. The van der Waals surface area contributed by atoms with Crippen LogP contribution in [0.3, 0.4) is 0 Å². The van der Waals surface area contributed by atoms with Gasteiger partial charge in [0.2, 0.25) is 0 Å². The van der Waals surface area contributed by atoms with Gasteiger partial charge in [0.25, 0.3) is 5.91 Å². The van der Waals surface area contributed by atoms with E-state index in [1.807, 2.05) is 12.1 Å². The first-order valence-corrected chi connectivity index (χ1v) is 5.95. The van der Waals surface area contributed by atoms with E-state index in [9.17, 15) is 14.8 Å². The number of carbonyl (C=O) groups excluding carboxylic acids is 1. The van der Waals surface area contributed by atoms with Crippen LogP contribution in [0.4, 0.5) is 0 Å². The maximum Gasteiger partial charge on any atom is 0.480 e. The summed E-state index contributed by atoms with van der Waals surface area (Å²) in [7, 11) is -1.66. The standard InChI is InChI=1S/C14H14BNO3/c17-14(12-9-5-2-6-10-12)16-13(15(18)19)11-7-3-1-4-8-11/h1-10,13,18-19H,(H,16,17)/t13-/m0/s1. The molecule has 0 saturated heterocycles. The second kappa shape index (κ2) is 6.18. The Bertz CT molecular complexity index is 531. The maximum absolute atomic E-state index is 12.0. The lowest BCUT2D eigenvalue weighted by Gasteiger charge is -2.18. The second-order valence-corrected chi connectivity index (χ2v) is 4.14. The van der Waals surface area contributed by atoms with E-state index in [0.29, 0.717) is 11.1 Å². The quantitative estimate of drug-likeness (QED) is 0.718. The zero-order chi connectivity index (χ0) is 13.7. The van der Waals surface area contributed by atoms with Crippen molar-refractivity contribution in [2.45, 2.75) is 5.94 Å². The van der Waals surface area contributed by atoms with E-state index in [4.69, 9.17) is 0 Å². The Hall–Kier alpha value is -2.11. The monoisotopic (exact) mass is 255 g/mol. The van der Waals surface area contributed by atoms with Crippen LogP contribution in [0.1, 0.15) is 21.9 Å². The second-order valence-electron chi connectivity index (χ2n) is 4.14. The van der Waals surface area contributed by atoms with Crippen molar-refractivity contribution in [3.8, 4) is 0 Å². The molecule has 0 radical (unpaired) electrons. The van der Waals surface area contributed by atoms with E-state index < -0.39 is 13.1 Å². The fourth-order valence-corrected chi connectivity index (χ4v) is 1.80. The third kappa shape index (κ3) is 3.43. The molecule has 0 aliphatic heterocycles. The Balaban J connectivity index is 2.17. The molecular formula is C14H14BNO3. The molecular weight excluding hydrogens is 241 g/mol. The highest BCUT2D eigenvalue weighted by atomic mass is 16.4. The Morgan fingerprint density at radius 2 is 1.47 bits per heavy atom. The molecule has 0 fully saturated rings. The summed E-state index contributed by atoms with van der Waals surface area (Å²) in [6.45, 7) is 0. The first-order chi connectivity index (χ1) is 9.18. The summed E-state index contributed by atoms with van der Waals surface area (Å²) in [6.07, 6.45) is 0. The van der Waals surface area contributed by atoms with Crippen LogP contribution in [0.5, 0.6) is 0 Å². The molecule has 0 aliphatic carbocycles. The fraction of sp³-hybridized carbons (Fsp3) is 0.0714. The first-order valence-electron chi connectivity index (χ1n) is 5.95. The Morgan fingerprint density at radius 1 is 0.947 bits per heavy atom. The zero-order valence-electron chi connectivity index (χ0n) is 10.2. The lowest BCUT2D eigenvalue weighted by Crippen LogP contribution is -2.39. The van der Waals surface area contributed by atoms with Gasteiger partial charge in [0.15, 0.2) is 0 Å². The molecule has 0 bridgehead atoms. The minimum atomic E-state index is -1.66. The first kappa shape index (κ1) is 13.3. The predicted molar refractivity (Wildman–Crippen MR) is 73.3 cm³/mol. The van der Waals surface area contributed by atoms with E-state index in [2.05, 4.69) is 5.32 Å². The van der Waals surface area contributed by atoms with Crippen LogP contribution >= 0.6 is 0 Å². The molecule has 19 heavy (non-hydrogen) atoms. The number of rotatable bonds is 4. The van der Waals surface area contributed by atoms with E-state index in [0.717, 1.165) is 0 Å². The Labute approximate surface area is 111 Å². The smallest absolute Gasteiger partial charge is 0.426 e. The van der Waals surface area contributed by atoms with Gasteiger partial charge in [0.05, 0.1) is 5.94 Å². The summed E-state index contributed by atoms with van der Waals surface area (Å²) in [5.41, 5.74) is 1.12. The average Bonchev–Trinajstić information content (AvgIpc) is 2.46. The topological polar surface area (TPSA) is 69.6 Å². The minimum absolute atomic E-state index is 0.345. The van der Waals surface area contributed by atoms with Crippen LogP contribution in [0, 0.1) is 0 Å². The van der Waals surface area contributed by atoms with E-state index in [1.54, 1.807) is 48.5 Å². The lowest BCUT2D eigenvalue weighted by atomic mass is 9.75. The van der Waals surface area contributed by atoms with Crippen LogP contribution < -0.4 is 5.32 Å². The van der Waals surface area contributed by atoms with Gasteiger partial charge in [-0.3, -0.25) is 4.79 Å². The van der Waals surface area contributed by atoms with Crippen molar-refractivity contribution in [2.75, 3.05) is 0 Å². The normalized spacial score (nSPS) is 11.7. The van der Waals surface area contributed by atoms with Gasteiger partial charge in [-0.2, -0.15) is 0 Å². The predicted octanol–water partition coefficient (Wildman–Crippen LogP) is 1.17. The number of hydrogen-bond acceptors (Lipinski definition) is 3. The number of benzene rings is 2. The molecule has 0 aromatic heterocycles. The highest BCUT2D eigenvalue weighted by Gasteiger charge is 2.27. The van der Waals surface area contributed by atoms with Crippen molar-refractivity contribution in [2.24, 2.45) is 0 Å². The molecule has 2 aromatic rings. The van der Waals surface area contributed by atoms with Crippen LogP contribution in [-0.4, -0.2) is 23.1 Å². The molecule has 0 aliphatic rings. The van der Waals surface area contributed by atoms with Crippen LogP contribution in [-0.2, 0) is 0 Å². The minimum Gasteiger partial charge on any atom is -0.426 e. The molecule has 1 atom stereocenters. The molecule has 1 amide bonds. The van der Waals surface area contributed by atoms with Gasteiger partial charge in [0.1, 0.15) is 0 Å². The number of amides is 1. The van der Waals surface area contributed by atoms with Gasteiger partial charge in [-0.15, -0.1) is 0 Å². The van der Waals surface area contributed by atoms with Crippen molar-refractivity contribution in [1.82, 2.24) is 5.32 Å². The maximum atomic E-state index is 12.0. The molecule has 4 nitrogen and oxygen atoms in total. The summed E-state index contributed by atoms with van der Waals surface area (Å²) in [6, 6.07) is 17.5. The summed E-state index contributed by atoms with van der Waals surface area (Å²) < 4.78 is 0. The largest absolute Gasteiger partial charge is 0.480 e.